The molecular weight excluding hydrogens is 281 g/mol. The summed E-state index contributed by atoms with van der Waals surface area (Å²) in [5.41, 5.74) is 7.11. The maximum Gasteiger partial charge on any atom is 0.401 e. The third-order valence-electron chi connectivity index (χ3n) is 3.90. The molecule has 1 aromatic rings. The lowest BCUT2D eigenvalue weighted by molar-refractivity contribution is -0.156. The fraction of sp³-hybridized carbons (Fsp3) is 0.643. The molecular formula is C14H21F3N4. The van der Waals surface area contributed by atoms with Crippen LogP contribution in [0.2, 0.25) is 0 Å². The summed E-state index contributed by atoms with van der Waals surface area (Å²) < 4.78 is 37.9. The van der Waals surface area contributed by atoms with Crippen LogP contribution in [0.4, 0.5) is 24.7 Å². The van der Waals surface area contributed by atoms with Crippen LogP contribution in [-0.2, 0) is 0 Å². The van der Waals surface area contributed by atoms with E-state index in [4.69, 9.17) is 5.73 Å². The van der Waals surface area contributed by atoms with Crippen LogP contribution in [0, 0.1) is 6.92 Å². The molecule has 118 valence electrons. The highest BCUT2D eigenvalue weighted by Gasteiger charge is 2.38. The van der Waals surface area contributed by atoms with Crippen LogP contribution in [0.5, 0.6) is 0 Å². The van der Waals surface area contributed by atoms with Gasteiger partial charge in [0.1, 0.15) is 5.82 Å². The highest BCUT2D eigenvalue weighted by molar-refractivity contribution is 5.50. The Bertz CT molecular complexity index is 491. The predicted molar refractivity (Wildman–Crippen MR) is 77.3 cm³/mol. The lowest BCUT2D eigenvalue weighted by Gasteiger charge is -2.45. The van der Waals surface area contributed by atoms with Crippen molar-refractivity contribution < 1.29 is 13.2 Å². The van der Waals surface area contributed by atoms with Crippen molar-refractivity contribution in [2.24, 2.45) is 0 Å². The monoisotopic (exact) mass is 302 g/mol. The van der Waals surface area contributed by atoms with E-state index in [1.165, 1.54) is 4.90 Å². The number of hydrogen-bond acceptors (Lipinski definition) is 4. The molecule has 2 heterocycles. The number of anilines is 2. The molecule has 0 aromatic carbocycles. The summed E-state index contributed by atoms with van der Waals surface area (Å²) in [4.78, 5) is 7.95. The van der Waals surface area contributed by atoms with Crippen LogP contribution in [-0.4, -0.2) is 47.8 Å². The third-order valence-corrected chi connectivity index (χ3v) is 3.90. The summed E-state index contributed by atoms with van der Waals surface area (Å²) in [6, 6.07) is 3.24. The second-order valence-electron chi connectivity index (χ2n) is 5.73. The Morgan fingerprint density at radius 3 is 2.29 bits per heavy atom. The van der Waals surface area contributed by atoms with Crippen LogP contribution in [0.1, 0.15) is 19.5 Å². The molecule has 0 spiro atoms. The van der Waals surface area contributed by atoms with Gasteiger partial charge >= 0.3 is 6.18 Å². The predicted octanol–water partition coefficient (Wildman–Crippen LogP) is 2.43. The molecule has 4 nitrogen and oxygen atoms in total. The molecule has 7 heteroatoms. The molecule has 0 unspecified atom stereocenters. The van der Waals surface area contributed by atoms with Crippen molar-refractivity contribution in [2.45, 2.75) is 39.0 Å². The van der Waals surface area contributed by atoms with Crippen molar-refractivity contribution in [2.75, 3.05) is 30.3 Å². The van der Waals surface area contributed by atoms with E-state index in [1.807, 2.05) is 31.7 Å². The van der Waals surface area contributed by atoms with Gasteiger partial charge in [-0.25, -0.2) is 4.98 Å². The van der Waals surface area contributed by atoms with Crippen LogP contribution < -0.4 is 10.6 Å². The largest absolute Gasteiger partial charge is 0.401 e. The molecule has 1 fully saturated rings. The smallest absolute Gasteiger partial charge is 0.397 e. The molecule has 1 aliphatic heterocycles. The van der Waals surface area contributed by atoms with Gasteiger partial charge in [-0.15, -0.1) is 0 Å². The van der Waals surface area contributed by atoms with E-state index in [-0.39, 0.29) is 12.1 Å². The molecule has 21 heavy (non-hydrogen) atoms. The summed E-state index contributed by atoms with van der Waals surface area (Å²) in [5.74, 6) is 0.770. The van der Waals surface area contributed by atoms with E-state index in [0.717, 1.165) is 11.5 Å². The number of pyridine rings is 1. The van der Waals surface area contributed by atoms with Gasteiger partial charge in [0.2, 0.25) is 0 Å². The number of alkyl halides is 3. The van der Waals surface area contributed by atoms with Gasteiger partial charge < -0.3 is 10.6 Å². The first-order chi connectivity index (χ1) is 9.67. The highest BCUT2D eigenvalue weighted by atomic mass is 19.4. The summed E-state index contributed by atoms with van der Waals surface area (Å²) in [6.07, 6.45) is -4.17. The number of nitrogens with zero attached hydrogens (tertiary/aromatic N) is 3. The van der Waals surface area contributed by atoms with Crippen LogP contribution in [0.15, 0.2) is 12.1 Å². The quantitative estimate of drug-likeness (QED) is 0.911. The standard InChI is InChI=1S/C14H21F3N4/c1-9-6-20(13-5-4-12(18)11(3)19-13)7-10(2)21(9)8-14(15,16)17/h4-5,9-10H,6-8,18H2,1-3H3/t9-,10+. The first-order valence-electron chi connectivity index (χ1n) is 6.98. The van der Waals surface area contributed by atoms with Gasteiger partial charge in [0.05, 0.1) is 17.9 Å². The summed E-state index contributed by atoms with van der Waals surface area (Å²) in [5, 5.41) is 0. The van der Waals surface area contributed by atoms with E-state index in [9.17, 15) is 13.2 Å². The summed E-state index contributed by atoms with van der Waals surface area (Å²) in [7, 11) is 0. The maximum atomic E-state index is 12.6. The molecule has 1 aromatic heterocycles. The molecule has 0 amide bonds. The van der Waals surface area contributed by atoms with Gasteiger partial charge in [-0.3, -0.25) is 4.90 Å². The van der Waals surface area contributed by atoms with Crippen molar-refractivity contribution in [3.63, 3.8) is 0 Å². The van der Waals surface area contributed by atoms with Gasteiger partial charge in [-0.2, -0.15) is 13.2 Å². The number of rotatable bonds is 2. The van der Waals surface area contributed by atoms with Crippen molar-refractivity contribution in [3.8, 4) is 0 Å². The average molecular weight is 302 g/mol. The Hall–Kier alpha value is -1.50. The number of hydrogen-bond donors (Lipinski definition) is 1. The lowest BCUT2D eigenvalue weighted by atomic mass is 10.1. The van der Waals surface area contributed by atoms with E-state index in [1.54, 1.807) is 6.07 Å². The molecule has 1 aliphatic rings. The highest BCUT2D eigenvalue weighted by Crippen LogP contribution is 2.26. The van der Waals surface area contributed by atoms with E-state index >= 15 is 0 Å². The van der Waals surface area contributed by atoms with Crippen molar-refractivity contribution in [1.82, 2.24) is 9.88 Å². The SMILES string of the molecule is Cc1nc(N2C[C@@H](C)N(CC(F)(F)F)[C@@H](C)C2)ccc1N. The number of aryl methyl sites for hydroxylation is 1. The van der Waals surface area contributed by atoms with Crippen LogP contribution in [0.3, 0.4) is 0 Å². The zero-order valence-electron chi connectivity index (χ0n) is 12.5. The minimum absolute atomic E-state index is 0.185. The number of nitrogens with two attached hydrogens (primary N) is 1. The molecule has 2 rings (SSSR count). The van der Waals surface area contributed by atoms with Crippen molar-refractivity contribution in [3.05, 3.63) is 17.8 Å². The Kier molecular flexibility index (Phi) is 4.32. The second-order valence-corrected chi connectivity index (χ2v) is 5.73. The van der Waals surface area contributed by atoms with Crippen LogP contribution >= 0.6 is 0 Å². The zero-order valence-corrected chi connectivity index (χ0v) is 12.5. The zero-order chi connectivity index (χ0) is 15.8. The van der Waals surface area contributed by atoms with Gasteiger partial charge in [0.15, 0.2) is 0 Å². The normalized spacial score (nSPS) is 24.4. The third kappa shape index (κ3) is 3.78. The Morgan fingerprint density at radius 1 is 1.24 bits per heavy atom. The Balaban J connectivity index is 2.12. The van der Waals surface area contributed by atoms with E-state index in [2.05, 4.69) is 4.98 Å². The lowest BCUT2D eigenvalue weighted by Crippen LogP contribution is -2.59. The molecule has 2 atom stereocenters. The average Bonchev–Trinajstić information content (AvgIpc) is 2.36. The molecule has 2 N–H and O–H groups in total. The summed E-state index contributed by atoms with van der Waals surface area (Å²) >= 11 is 0. The first kappa shape index (κ1) is 15.9. The minimum Gasteiger partial charge on any atom is -0.397 e. The van der Waals surface area contributed by atoms with Gasteiger partial charge in [-0.1, -0.05) is 0 Å². The Labute approximate surface area is 122 Å². The number of aromatic nitrogens is 1. The number of halogens is 3. The number of piperazine rings is 1. The topological polar surface area (TPSA) is 45.4 Å². The summed E-state index contributed by atoms with van der Waals surface area (Å²) in [6.45, 7) is 5.65. The fourth-order valence-electron chi connectivity index (χ4n) is 2.80. The van der Waals surface area contributed by atoms with Crippen LogP contribution in [0.25, 0.3) is 0 Å². The van der Waals surface area contributed by atoms with Crippen molar-refractivity contribution >= 4 is 11.5 Å². The molecule has 1 saturated heterocycles. The second kappa shape index (κ2) is 5.71. The van der Waals surface area contributed by atoms with E-state index < -0.39 is 12.7 Å². The molecule has 0 radical (unpaired) electrons. The Morgan fingerprint density at radius 2 is 1.81 bits per heavy atom. The minimum atomic E-state index is -4.17. The first-order valence-corrected chi connectivity index (χ1v) is 6.98. The fourth-order valence-corrected chi connectivity index (χ4v) is 2.80. The molecule has 0 aliphatic carbocycles. The number of nitrogen functional groups attached to an aromatic ring is 1. The van der Waals surface area contributed by atoms with E-state index in [0.29, 0.717) is 18.8 Å². The van der Waals surface area contributed by atoms with Gasteiger partial charge in [0, 0.05) is 25.2 Å². The maximum absolute atomic E-state index is 12.6. The van der Waals surface area contributed by atoms with Gasteiger partial charge in [0.25, 0.3) is 0 Å². The molecule has 0 saturated carbocycles. The van der Waals surface area contributed by atoms with Gasteiger partial charge in [-0.05, 0) is 32.9 Å². The van der Waals surface area contributed by atoms with Crippen molar-refractivity contribution in [1.29, 1.82) is 0 Å². The molecule has 0 bridgehead atoms.